The highest BCUT2D eigenvalue weighted by Crippen LogP contribution is 2.17. The van der Waals surface area contributed by atoms with Crippen molar-refractivity contribution in [2.75, 3.05) is 5.75 Å². The molecule has 0 heterocycles. The average Bonchev–Trinajstić information content (AvgIpc) is 1.82. The molecule has 0 fully saturated rings. The van der Waals surface area contributed by atoms with Crippen molar-refractivity contribution in [1.29, 1.82) is 0 Å². The monoisotopic (exact) mass is 224 g/mol. The smallest absolute Gasteiger partial charge is 0.185 e. The van der Waals surface area contributed by atoms with Crippen LogP contribution in [0.25, 0.3) is 0 Å². The highest BCUT2D eigenvalue weighted by atomic mass is 32.2. The summed E-state index contributed by atoms with van der Waals surface area (Å²) < 4.78 is 22.3. The molecule has 0 radical (unpaired) electrons. The van der Waals surface area contributed by atoms with Gasteiger partial charge in [-0.05, 0) is 27.2 Å². The van der Waals surface area contributed by atoms with Gasteiger partial charge in [0.1, 0.15) is 0 Å². The van der Waals surface area contributed by atoms with Gasteiger partial charge in [-0.3, -0.25) is 4.79 Å². The van der Waals surface area contributed by atoms with E-state index in [2.05, 4.69) is 12.6 Å². The van der Waals surface area contributed by atoms with Crippen molar-refractivity contribution in [2.45, 2.75) is 38.4 Å². The van der Waals surface area contributed by atoms with E-state index in [4.69, 9.17) is 0 Å². The summed E-state index contributed by atoms with van der Waals surface area (Å²) in [5.41, 5.74) is 0. The number of rotatable bonds is 4. The number of carbonyl (C=O) groups excluding carboxylic acids is 1. The molecule has 0 aliphatic carbocycles. The van der Waals surface area contributed by atoms with Gasteiger partial charge in [-0.25, -0.2) is 8.42 Å². The topological polar surface area (TPSA) is 51.2 Å². The van der Waals surface area contributed by atoms with Crippen LogP contribution >= 0.6 is 12.6 Å². The van der Waals surface area contributed by atoms with Gasteiger partial charge >= 0.3 is 0 Å². The third kappa shape index (κ3) is 4.67. The highest BCUT2D eigenvalue weighted by Gasteiger charge is 2.28. The number of sulfone groups is 1. The van der Waals surface area contributed by atoms with Crippen molar-refractivity contribution < 1.29 is 13.2 Å². The Hall–Kier alpha value is -0.0300. The SMILES string of the molecule is CC(C)(C)S(=O)(=O)CCCC(=O)S. The normalized spacial score (nSPS) is 12.9. The molecule has 0 unspecified atom stereocenters. The van der Waals surface area contributed by atoms with E-state index in [-0.39, 0.29) is 17.3 Å². The second-order valence-corrected chi connectivity index (χ2v) is 7.29. The lowest BCUT2D eigenvalue weighted by molar-refractivity contribution is -0.110. The Morgan fingerprint density at radius 3 is 2.08 bits per heavy atom. The number of thiol groups is 1. The summed E-state index contributed by atoms with van der Waals surface area (Å²) >= 11 is 3.57. The lowest BCUT2D eigenvalue weighted by atomic mass is 10.3. The van der Waals surface area contributed by atoms with E-state index in [1.807, 2.05) is 0 Å². The van der Waals surface area contributed by atoms with Crippen LogP contribution in [0, 0.1) is 0 Å². The van der Waals surface area contributed by atoms with Crippen LogP contribution in [0.3, 0.4) is 0 Å². The Morgan fingerprint density at radius 1 is 1.31 bits per heavy atom. The van der Waals surface area contributed by atoms with E-state index >= 15 is 0 Å². The van der Waals surface area contributed by atoms with Crippen LogP contribution in [-0.4, -0.2) is 24.0 Å². The summed E-state index contributed by atoms with van der Waals surface area (Å²) in [6.45, 7) is 4.97. The fourth-order valence-corrected chi connectivity index (χ4v) is 2.01. The predicted octanol–water partition coefficient (Wildman–Crippen LogP) is 1.44. The zero-order chi connectivity index (χ0) is 10.7. The molecular weight excluding hydrogens is 208 g/mol. The molecule has 5 heteroatoms. The van der Waals surface area contributed by atoms with Gasteiger partial charge in [-0.15, -0.1) is 12.6 Å². The molecule has 0 atom stereocenters. The molecule has 0 aromatic carbocycles. The molecule has 0 amide bonds. The first-order valence-corrected chi connectivity index (χ1v) is 6.21. The second-order valence-electron chi connectivity index (χ2n) is 3.93. The van der Waals surface area contributed by atoms with Gasteiger partial charge in [0.25, 0.3) is 0 Å². The minimum absolute atomic E-state index is 0.0583. The van der Waals surface area contributed by atoms with Crippen molar-refractivity contribution in [3.8, 4) is 0 Å². The third-order valence-electron chi connectivity index (χ3n) is 1.74. The molecular formula is C8H16O3S2. The van der Waals surface area contributed by atoms with Crippen LogP contribution in [0.5, 0.6) is 0 Å². The molecule has 0 N–H and O–H groups in total. The highest BCUT2D eigenvalue weighted by molar-refractivity contribution is 7.96. The summed E-state index contributed by atoms with van der Waals surface area (Å²) in [6.07, 6.45) is 0.584. The van der Waals surface area contributed by atoms with E-state index in [0.29, 0.717) is 6.42 Å². The Kier molecular flexibility index (Phi) is 4.45. The largest absolute Gasteiger partial charge is 0.288 e. The zero-order valence-electron chi connectivity index (χ0n) is 8.20. The molecule has 0 spiro atoms. The van der Waals surface area contributed by atoms with Crippen LogP contribution in [0.1, 0.15) is 33.6 Å². The van der Waals surface area contributed by atoms with Gasteiger partial charge in [0.15, 0.2) is 15.0 Å². The first-order valence-electron chi connectivity index (χ1n) is 4.11. The Morgan fingerprint density at radius 2 is 1.77 bits per heavy atom. The first kappa shape index (κ1) is 13.0. The maximum atomic E-state index is 11.5. The lowest BCUT2D eigenvalue weighted by Crippen LogP contribution is -2.30. The summed E-state index contributed by atoms with van der Waals surface area (Å²) in [5.74, 6) is 0.0583. The summed E-state index contributed by atoms with van der Waals surface area (Å²) in [5, 5.41) is -0.260. The fraction of sp³-hybridized carbons (Fsp3) is 0.875. The van der Waals surface area contributed by atoms with Crippen molar-refractivity contribution in [2.24, 2.45) is 0 Å². The molecule has 0 saturated heterocycles. The Labute approximate surface area is 85.2 Å². The maximum absolute atomic E-state index is 11.5. The lowest BCUT2D eigenvalue weighted by Gasteiger charge is -2.18. The van der Waals surface area contributed by atoms with Crippen molar-refractivity contribution in [3.05, 3.63) is 0 Å². The average molecular weight is 224 g/mol. The number of carbonyl (C=O) groups is 1. The molecule has 0 aliphatic heterocycles. The van der Waals surface area contributed by atoms with Crippen molar-refractivity contribution >= 4 is 27.6 Å². The maximum Gasteiger partial charge on any atom is 0.185 e. The van der Waals surface area contributed by atoms with Crippen LogP contribution in [0.15, 0.2) is 0 Å². The molecule has 3 nitrogen and oxygen atoms in total. The van der Waals surface area contributed by atoms with E-state index < -0.39 is 14.6 Å². The molecule has 0 aromatic rings. The minimum Gasteiger partial charge on any atom is -0.288 e. The number of hydrogen-bond donors (Lipinski definition) is 1. The molecule has 13 heavy (non-hydrogen) atoms. The van der Waals surface area contributed by atoms with Gasteiger partial charge < -0.3 is 0 Å². The molecule has 0 saturated carbocycles. The number of hydrogen-bond acceptors (Lipinski definition) is 3. The summed E-state index contributed by atoms with van der Waals surface area (Å²) in [6, 6.07) is 0. The van der Waals surface area contributed by atoms with Gasteiger partial charge in [-0.1, -0.05) is 0 Å². The zero-order valence-corrected chi connectivity index (χ0v) is 9.91. The van der Waals surface area contributed by atoms with E-state index in [0.717, 1.165) is 0 Å². The van der Waals surface area contributed by atoms with Crippen LogP contribution in [-0.2, 0) is 14.6 Å². The Balaban J connectivity index is 4.15. The van der Waals surface area contributed by atoms with Crippen LogP contribution < -0.4 is 0 Å². The van der Waals surface area contributed by atoms with Crippen LogP contribution in [0.4, 0.5) is 0 Å². The minimum atomic E-state index is -3.08. The van der Waals surface area contributed by atoms with Crippen molar-refractivity contribution in [1.82, 2.24) is 0 Å². The third-order valence-corrected chi connectivity index (χ3v) is 4.65. The van der Waals surface area contributed by atoms with E-state index in [1.54, 1.807) is 20.8 Å². The van der Waals surface area contributed by atoms with E-state index in [1.165, 1.54) is 0 Å². The first-order chi connectivity index (χ1) is 5.67. The fourth-order valence-electron chi connectivity index (χ4n) is 0.720. The van der Waals surface area contributed by atoms with Gasteiger partial charge in [0, 0.05) is 6.42 Å². The van der Waals surface area contributed by atoms with Crippen molar-refractivity contribution in [3.63, 3.8) is 0 Å². The summed E-state index contributed by atoms with van der Waals surface area (Å²) in [4.78, 5) is 10.4. The predicted molar refractivity (Wildman–Crippen MR) is 56.8 cm³/mol. The van der Waals surface area contributed by atoms with Gasteiger partial charge in [-0.2, -0.15) is 0 Å². The molecule has 0 bridgehead atoms. The van der Waals surface area contributed by atoms with Gasteiger partial charge in [0.2, 0.25) is 0 Å². The molecule has 0 aliphatic rings. The quantitative estimate of drug-likeness (QED) is 0.735. The molecule has 0 rings (SSSR count). The molecule has 0 aromatic heterocycles. The molecule has 78 valence electrons. The standard InChI is InChI=1S/C8H16O3S2/c1-8(2,3)13(10,11)6-4-5-7(9)12/h4-6H2,1-3H3,(H,9,12). The Bertz CT molecular complexity index is 272. The van der Waals surface area contributed by atoms with E-state index in [9.17, 15) is 13.2 Å². The second kappa shape index (κ2) is 4.46. The van der Waals surface area contributed by atoms with Crippen LogP contribution in [0.2, 0.25) is 0 Å². The summed E-state index contributed by atoms with van der Waals surface area (Å²) in [7, 11) is -3.08. The van der Waals surface area contributed by atoms with Gasteiger partial charge in [0.05, 0.1) is 10.5 Å².